The van der Waals surface area contributed by atoms with Crippen LogP contribution in [0.2, 0.25) is 0 Å². The van der Waals surface area contributed by atoms with Crippen LogP contribution in [0, 0.1) is 5.92 Å². The molecule has 2 heterocycles. The van der Waals surface area contributed by atoms with Gasteiger partial charge in [-0.2, -0.15) is 0 Å². The van der Waals surface area contributed by atoms with Crippen LogP contribution in [0.25, 0.3) is 11.3 Å². The van der Waals surface area contributed by atoms with Gasteiger partial charge in [-0.15, -0.1) is 0 Å². The molecule has 1 fully saturated rings. The molecule has 1 aliphatic heterocycles. The van der Waals surface area contributed by atoms with E-state index in [1.807, 2.05) is 37.3 Å². The van der Waals surface area contributed by atoms with Crippen molar-refractivity contribution in [2.75, 3.05) is 19.7 Å². The summed E-state index contributed by atoms with van der Waals surface area (Å²) in [5.74, 6) is 1.49. The van der Waals surface area contributed by atoms with Gasteiger partial charge in [0.15, 0.2) is 5.76 Å². The number of hydrogen-bond donors (Lipinski definition) is 0. The lowest BCUT2D eigenvalue weighted by Crippen LogP contribution is -2.36. The Hall–Kier alpha value is -2.14. The minimum atomic E-state index is -0.0605. The minimum Gasteiger partial charge on any atom is -0.466 e. The highest BCUT2D eigenvalue weighted by Crippen LogP contribution is 2.23. The van der Waals surface area contributed by atoms with Gasteiger partial charge in [0.25, 0.3) is 0 Å². The number of piperidine rings is 1. The molecular formula is C18H22N2O3. The molecule has 3 rings (SSSR count). The first kappa shape index (κ1) is 15.7. The maximum absolute atomic E-state index is 11.8. The van der Waals surface area contributed by atoms with Crippen molar-refractivity contribution in [1.82, 2.24) is 9.88 Å². The second kappa shape index (κ2) is 7.42. The molecule has 1 saturated heterocycles. The number of likely N-dealkylation sites (tertiary alicyclic amines) is 1. The number of aromatic nitrogens is 1. The van der Waals surface area contributed by atoms with Crippen LogP contribution in [0.5, 0.6) is 0 Å². The van der Waals surface area contributed by atoms with Crippen LogP contribution >= 0.6 is 0 Å². The SMILES string of the molecule is CCOC(=O)C1CCN(Cc2ncc(-c3ccccc3)o2)CC1. The van der Waals surface area contributed by atoms with Gasteiger partial charge in [-0.1, -0.05) is 30.3 Å². The smallest absolute Gasteiger partial charge is 0.309 e. The number of carbonyl (C=O) groups is 1. The largest absolute Gasteiger partial charge is 0.466 e. The van der Waals surface area contributed by atoms with Gasteiger partial charge in [-0.25, -0.2) is 4.98 Å². The van der Waals surface area contributed by atoms with Crippen molar-refractivity contribution < 1.29 is 13.9 Å². The molecule has 0 bridgehead atoms. The van der Waals surface area contributed by atoms with E-state index in [0.29, 0.717) is 13.2 Å². The summed E-state index contributed by atoms with van der Waals surface area (Å²) in [4.78, 5) is 18.4. The molecule has 0 aliphatic carbocycles. The Kier molecular flexibility index (Phi) is 5.08. The predicted octanol–water partition coefficient (Wildman–Crippen LogP) is 3.12. The molecule has 0 amide bonds. The van der Waals surface area contributed by atoms with Crippen LogP contribution in [-0.2, 0) is 16.1 Å². The van der Waals surface area contributed by atoms with E-state index in [9.17, 15) is 4.79 Å². The Balaban J connectivity index is 1.53. The van der Waals surface area contributed by atoms with Crippen molar-refractivity contribution >= 4 is 5.97 Å². The fourth-order valence-corrected chi connectivity index (χ4v) is 2.90. The molecule has 1 aliphatic rings. The summed E-state index contributed by atoms with van der Waals surface area (Å²) >= 11 is 0. The van der Waals surface area contributed by atoms with Crippen LogP contribution in [0.3, 0.4) is 0 Å². The first-order valence-electron chi connectivity index (χ1n) is 8.15. The van der Waals surface area contributed by atoms with E-state index < -0.39 is 0 Å². The van der Waals surface area contributed by atoms with Gasteiger partial charge < -0.3 is 9.15 Å². The quantitative estimate of drug-likeness (QED) is 0.794. The lowest BCUT2D eigenvalue weighted by atomic mass is 9.97. The van der Waals surface area contributed by atoms with E-state index in [1.54, 1.807) is 6.20 Å². The number of hydrogen-bond acceptors (Lipinski definition) is 5. The Morgan fingerprint density at radius 1 is 1.30 bits per heavy atom. The van der Waals surface area contributed by atoms with E-state index in [2.05, 4.69) is 9.88 Å². The number of carbonyl (C=O) groups excluding carboxylic acids is 1. The van der Waals surface area contributed by atoms with Gasteiger partial charge >= 0.3 is 5.97 Å². The Morgan fingerprint density at radius 2 is 2.04 bits per heavy atom. The highest BCUT2D eigenvalue weighted by Gasteiger charge is 2.26. The molecule has 0 atom stereocenters. The average molecular weight is 314 g/mol. The fraction of sp³-hybridized carbons (Fsp3) is 0.444. The van der Waals surface area contributed by atoms with Crippen LogP contribution < -0.4 is 0 Å². The van der Waals surface area contributed by atoms with Gasteiger partial charge in [-0.3, -0.25) is 9.69 Å². The Bertz CT molecular complexity index is 631. The number of ether oxygens (including phenoxy) is 1. The summed E-state index contributed by atoms with van der Waals surface area (Å²) in [5.41, 5.74) is 1.03. The van der Waals surface area contributed by atoms with Gasteiger partial charge in [0.05, 0.1) is 25.3 Å². The minimum absolute atomic E-state index is 0.0376. The van der Waals surface area contributed by atoms with E-state index >= 15 is 0 Å². The third kappa shape index (κ3) is 3.99. The van der Waals surface area contributed by atoms with Crippen molar-refractivity contribution in [1.29, 1.82) is 0 Å². The fourth-order valence-electron chi connectivity index (χ4n) is 2.90. The second-order valence-corrected chi connectivity index (χ2v) is 5.79. The summed E-state index contributed by atoms with van der Waals surface area (Å²) in [6.07, 6.45) is 3.45. The summed E-state index contributed by atoms with van der Waals surface area (Å²) in [6.45, 7) is 4.72. The maximum Gasteiger partial charge on any atom is 0.309 e. The predicted molar refractivity (Wildman–Crippen MR) is 86.6 cm³/mol. The molecule has 23 heavy (non-hydrogen) atoms. The average Bonchev–Trinajstić information content (AvgIpc) is 3.05. The van der Waals surface area contributed by atoms with Gasteiger partial charge in [-0.05, 0) is 32.9 Å². The van der Waals surface area contributed by atoms with E-state index in [-0.39, 0.29) is 11.9 Å². The summed E-state index contributed by atoms with van der Waals surface area (Å²) in [5, 5.41) is 0. The molecule has 0 radical (unpaired) electrons. The standard InChI is InChI=1S/C18H22N2O3/c1-2-22-18(21)15-8-10-20(11-9-15)13-17-19-12-16(23-17)14-6-4-3-5-7-14/h3-7,12,15H,2,8-11,13H2,1H3. The lowest BCUT2D eigenvalue weighted by molar-refractivity contribution is -0.149. The molecule has 5 nitrogen and oxygen atoms in total. The monoisotopic (exact) mass is 314 g/mol. The topological polar surface area (TPSA) is 55.6 Å². The van der Waals surface area contributed by atoms with Crippen LogP contribution in [-0.4, -0.2) is 35.5 Å². The molecule has 5 heteroatoms. The summed E-state index contributed by atoms with van der Waals surface area (Å²) in [7, 11) is 0. The molecule has 2 aromatic rings. The molecule has 0 spiro atoms. The van der Waals surface area contributed by atoms with Gasteiger partial charge in [0.1, 0.15) is 0 Å². The van der Waals surface area contributed by atoms with Crippen molar-refractivity contribution in [2.24, 2.45) is 5.92 Å². The third-order valence-corrected chi connectivity index (χ3v) is 4.18. The number of benzene rings is 1. The first-order valence-corrected chi connectivity index (χ1v) is 8.15. The molecule has 0 unspecified atom stereocenters. The maximum atomic E-state index is 11.8. The molecular weight excluding hydrogens is 292 g/mol. The highest BCUT2D eigenvalue weighted by atomic mass is 16.5. The van der Waals surface area contributed by atoms with Gasteiger partial charge in [0.2, 0.25) is 5.89 Å². The molecule has 122 valence electrons. The second-order valence-electron chi connectivity index (χ2n) is 5.79. The number of oxazole rings is 1. The van der Waals surface area contributed by atoms with E-state index in [0.717, 1.165) is 43.1 Å². The summed E-state index contributed by atoms with van der Waals surface area (Å²) < 4.78 is 10.9. The van der Waals surface area contributed by atoms with Crippen LogP contribution in [0.15, 0.2) is 40.9 Å². The van der Waals surface area contributed by atoms with Crippen LogP contribution in [0.1, 0.15) is 25.7 Å². The van der Waals surface area contributed by atoms with Crippen molar-refractivity contribution in [3.05, 3.63) is 42.4 Å². The Labute approximate surface area is 136 Å². The Morgan fingerprint density at radius 3 is 2.74 bits per heavy atom. The summed E-state index contributed by atoms with van der Waals surface area (Å²) in [6, 6.07) is 9.97. The lowest BCUT2D eigenvalue weighted by Gasteiger charge is -2.29. The normalized spacial score (nSPS) is 16.4. The molecule has 0 N–H and O–H groups in total. The zero-order valence-electron chi connectivity index (χ0n) is 13.4. The zero-order chi connectivity index (χ0) is 16.1. The molecule has 0 saturated carbocycles. The van der Waals surface area contributed by atoms with E-state index in [4.69, 9.17) is 9.15 Å². The van der Waals surface area contributed by atoms with Crippen molar-refractivity contribution in [2.45, 2.75) is 26.3 Å². The number of esters is 1. The van der Waals surface area contributed by atoms with Crippen molar-refractivity contribution in [3.8, 4) is 11.3 Å². The number of rotatable bonds is 5. The molecule has 1 aromatic heterocycles. The van der Waals surface area contributed by atoms with Crippen LogP contribution in [0.4, 0.5) is 0 Å². The van der Waals surface area contributed by atoms with Crippen molar-refractivity contribution in [3.63, 3.8) is 0 Å². The molecule has 1 aromatic carbocycles. The number of nitrogens with zero attached hydrogens (tertiary/aromatic N) is 2. The zero-order valence-corrected chi connectivity index (χ0v) is 13.4. The third-order valence-electron chi connectivity index (χ3n) is 4.18. The van der Waals surface area contributed by atoms with E-state index in [1.165, 1.54) is 0 Å². The van der Waals surface area contributed by atoms with Gasteiger partial charge in [0, 0.05) is 5.56 Å². The highest BCUT2D eigenvalue weighted by molar-refractivity contribution is 5.72. The first-order chi connectivity index (χ1) is 11.3.